The van der Waals surface area contributed by atoms with Gasteiger partial charge in [0.2, 0.25) is 0 Å². The van der Waals surface area contributed by atoms with Gasteiger partial charge in [-0.3, -0.25) is 0 Å². The van der Waals surface area contributed by atoms with Crippen molar-refractivity contribution in [1.29, 1.82) is 0 Å². The fourth-order valence-corrected chi connectivity index (χ4v) is 4.05. The second-order valence-electron chi connectivity index (χ2n) is 5.17. The number of hydrogen-bond donors (Lipinski definition) is 1. The van der Waals surface area contributed by atoms with Crippen molar-refractivity contribution < 1.29 is 0 Å². The summed E-state index contributed by atoms with van der Waals surface area (Å²) in [5.41, 5.74) is 2.79. The summed E-state index contributed by atoms with van der Waals surface area (Å²) in [7, 11) is 0. The zero-order valence-electron chi connectivity index (χ0n) is 11.5. The predicted octanol–water partition coefficient (Wildman–Crippen LogP) is 5.34. The molecule has 0 saturated heterocycles. The average Bonchev–Trinajstić information content (AvgIpc) is 2.48. The van der Waals surface area contributed by atoms with Crippen molar-refractivity contribution in [1.82, 2.24) is 5.32 Å². The Balaban J connectivity index is 1.77. The molecule has 0 amide bonds. The van der Waals surface area contributed by atoms with Gasteiger partial charge in [-0.05, 0) is 48.4 Å². The third-order valence-electron chi connectivity index (χ3n) is 3.78. The van der Waals surface area contributed by atoms with Gasteiger partial charge in [-0.25, -0.2) is 0 Å². The molecule has 1 aliphatic rings. The normalized spacial score (nSPS) is 19.4. The van der Waals surface area contributed by atoms with Gasteiger partial charge in [0.15, 0.2) is 0 Å². The smallest absolute Gasteiger partial charge is 0.0344 e. The van der Waals surface area contributed by atoms with Crippen LogP contribution in [-0.2, 0) is 0 Å². The Morgan fingerprint density at radius 1 is 1.15 bits per heavy atom. The van der Waals surface area contributed by atoms with Crippen molar-refractivity contribution in [3.63, 3.8) is 0 Å². The molecule has 0 spiro atoms. The summed E-state index contributed by atoms with van der Waals surface area (Å²) in [6, 6.07) is 18.2. The summed E-state index contributed by atoms with van der Waals surface area (Å²) in [5, 5.41) is 3.78. The number of hydrogen-bond acceptors (Lipinski definition) is 2. The van der Waals surface area contributed by atoms with E-state index in [9.17, 15) is 0 Å². The van der Waals surface area contributed by atoms with Crippen LogP contribution in [0.2, 0.25) is 0 Å². The maximum atomic E-state index is 3.78. The molecule has 2 aromatic rings. The lowest BCUT2D eigenvalue weighted by molar-refractivity contribution is 0.450. The van der Waals surface area contributed by atoms with E-state index in [1.54, 1.807) is 0 Å². The zero-order valence-corrected chi connectivity index (χ0v) is 13.9. The van der Waals surface area contributed by atoms with Crippen molar-refractivity contribution in [2.45, 2.75) is 30.3 Å². The Morgan fingerprint density at radius 2 is 1.90 bits per heavy atom. The average molecular weight is 348 g/mol. The lowest BCUT2D eigenvalue weighted by Gasteiger charge is -2.29. The van der Waals surface area contributed by atoms with Gasteiger partial charge in [-0.1, -0.05) is 46.3 Å². The molecule has 1 unspecified atom stereocenters. The van der Waals surface area contributed by atoms with Crippen molar-refractivity contribution in [3.8, 4) is 0 Å². The Hall–Kier alpha value is -0.770. The van der Waals surface area contributed by atoms with E-state index in [1.165, 1.54) is 28.2 Å². The number of fused-ring (bicyclic) bond motifs is 1. The number of rotatable bonds is 3. The molecular weight excluding hydrogens is 330 g/mol. The van der Waals surface area contributed by atoms with Gasteiger partial charge in [0.05, 0.1) is 0 Å². The molecular formula is C17H18BrNS. The van der Waals surface area contributed by atoms with E-state index >= 15 is 0 Å². The third kappa shape index (κ3) is 3.11. The fourth-order valence-electron chi connectivity index (χ4n) is 2.66. The molecule has 1 heterocycles. The summed E-state index contributed by atoms with van der Waals surface area (Å²) in [6.07, 6.45) is 1.20. The van der Waals surface area contributed by atoms with E-state index in [-0.39, 0.29) is 0 Å². The van der Waals surface area contributed by atoms with Crippen LogP contribution in [0.15, 0.2) is 57.9 Å². The minimum atomic E-state index is 0.365. The van der Waals surface area contributed by atoms with Crippen LogP contribution in [0.1, 0.15) is 36.6 Å². The quantitative estimate of drug-likeness (QED) is 0.804. The lowest BCUT2D eigenvalue weighted by atomic mass is 10.0. The van der Waals surface area contributed by atoms with Crippen molar-refractivity contribution in [2.24, 2.45) is 0 Å². The number of halogens is 1. The van der Waals surface area contributed by atoms with Gasteiger partial charge in [-0.2, -0.15) is 0 Å². The molecule has 20 heavy (non-hydrogen) atoms. The third-order valence-corrected chi connectivity index (χ3v) is 5.43. The van der Waals surface area contributed by atoms with Crippen LogP contribution in [-0.4, -0.2) is 5.75 Å². The molecule has 1 N–H and O–H groups in total. The lowest BCUT2D eigenvalue weighted by Crippen LogP contribution is -2.27. The summed E-state index contributed by atoms with van der Waals surface area (Å²) >= 11 is 5.46. The van der Waals surface area contributed by atoms with E-state index in [0.29, 0.717) is 12.1 Å². The molecule has 2 aromatic carbocycles. The first-order valence-electron chi connectivity index (χ1n) is 6.97. The molecule has 0 aliphatic carbocycles. The van der Waals surface area contributed by atoms with Crippen LogP contribution >= 0.6 is 27.7 Å². The highest BCUT2D eigenvalue weighted by molar-refractivity contribution is 9.10. The van der Waals surface area contributed by atoms with Gasteiger partial charge in [-0.15, -0.1) is 11.8 Å². The first kappa shape index (κ1) is 14.2. The number of thioether (sulfide) groups is 1. The molecule has 0 aromatic heterocycles. The molecule has 0 fully saturated rings. The largest absolute Gasteiger partial charge is 0.303 e. The molecule has 104 valence electrons. The Morgan fingerprint density at radius 3 is 2.70 bits per heavy atom. The van der Waals surface area contributed by atoms with E-state index in [2.05, 4.69) is 76.7 Å². The van der Waals surface area contributed by atoms with E-state index < -0.39 is 0 Å². The summed E-state index contributed by atoms with van der Waals surface area (Å²) in [6.45, 7) is 2.24. The minimum Gasteiger partial charge on any atom is -0.303 e. The standard InChI is InChI=1S/C17H18BrNS/c1-12(13-6-8-14(18)9-7-13)19-16-10-11-20-17-5-3-2-4-15(16)17/h2-9,12,16,19H,10-11H2,1H3/t12-,16?/m0/s1. The molecule has 1 aliphatic heterocycles. The van der Waals surface area contributed by atoms with Crippen LogP contribution in [0.5, 0.6) is 0 Å². The van der Waals surface area contributed by atoms with Crippen LogP contribution < -0.4 is 5.32 Å². The number of benzene rings is 2. The van der Waals surface area contributed by atoms with E-state index in [4.69, 9.17) is 0 Å². The second-order valence-corrected chi connectivity index (χ2v) is 7.22. The SMILES string of the molecule is C[C@H](NC1CCSc2ccccc21)c1ccc(Br)cc1. The van der Waals surface area contributed by atoms with Gasteiger partial charge >= 0.3 is 0 Å². The highest BCUT2D eigenvalue weighted by Crippen LogP contribution is 2.37. The maximum absolute atomic E-state index is 3.78. The van der Waals surface area contributed by atoms with Crippen molar-refractivity contribution >= 4 is 27.7 Å². The predicted molar refractivity (Wildman–Crippen MR) is 90.2 cm³/mol. The van der Waals surface area contributed by atoms with Gasteiger partial charge in [0, 0.05) is 21.5 Å². The molecule has 3 heteroatoms. The summed E-state index contributed by atoms with van der Waals surface area (Å²) < 4.78 is 1.13. The van der Waals surface area contributed by atoms with Crippen molar-refractivity contribution in [2.75, 3.05) is 5.75 Å². The van der Waals surface area contributed by atoms with Crippen LogP contribution in [0.3, 0.4) is 0 Å². The highest BCUT2D eigenvalue weighted by atomic mass is 79.9. The monoisotopic (exact) mass is 347 g/mol. The van der Waals surface area contributed by atoms with E-state index in [0.717, 1.165) is 4.47 Å². The van der Waals surface area contributed by atoms with Gasteiger partial charge < -0.3 is 5.32 Å². The molecule has 1 nitrogen and oxygen atoms in total. The van der Waals surface area contributed by atoms with Crippen LogP contribution in [0, 0.1) is 0 Å². The highest BCUT2D eigenvalue weighted by Gasteiger charge is 2.21. The van der Waals surface area contributed by atoms with Gasteiger partial charge in [0.25, 0.3) is 0 Å². The Labute approximate surface area is 133 Å². The summed E-state index contributed by atoms with van der Waals surface area (Å²) in [5.74, 6) is 1.20. The molecule has 2 atom stereocenters. The first-order chi connectivity index (χ1) is 9.74. The molecule has 0 saturated carbocycles. The first-order valence-corrected chi connectivity index (χ1v) is 8.75. The van der Waals surface area contributed by atoms with Crippen LogP contribution in [0.4, 0.5) is 0 Å². The topological polar surface area (TPSA) is 12.0 Å². The van der Waals surface area contributed by atoms with E-state index in [1.807, 2.05) is 11.8 Å². The zero-order chi connectivity index (χ0) is 13.9. The van der Waals surface area contributed by atoms with Gasteiger partial charge in [0.1, 0.15) is 0 Å². The fraction of sp³-hybridized carbons (Fsp3) is 0.294. The molecule has 0 bridgehead atoms. The Bertz CT molecular complexity index is 582. The minimum absolute atomic E-state index is 0.365. The Kier molecular flexibility index (Phi) is 4.49. The molecule has 0 radical (unpaired) electrons. The summed E-state index contributed by atoms with van der Waals surface area (Å²) in [4.78, 5) is 1.43. The molecule has 3 rings (SSSR count). The van der Waals surface area contributed by atoms with Crippen molar-refractivity contribution in [3.05, 3.63) is 64.1 Å². The second kappa shape index (κ2) is 6.33. The van der Waals surface area contributed by atoms with Crippen LogP contribution in [0.25, 0.3) is 0 Å². The maximum Gasteiger partial charge on any atom is 0.0344 e. The number of nitrogens with one attached hydrogen (secondary N) is 1.